The molecule has 0 spiro atoms. The smallest absolute Gasteiger partial charge is 0.305 e. The van der Waals surface area contributed by atoms with Gasteiger partial charge in [-0.3, -0.25) is 4.79 Å². The molecule has 1 aromatic carbocycles. The Balaban J connectivity index is 2.68. The zero-order valence-electron chi connectivity index (χ0n) is 7.79. The maximum Gasteiger partial charge on any atom is 0.305 e. The lowest BCUT2D eigenvalue weighted by Gasteiger charge is -2.04. The lowest BCUT2D eigenvalue weighted by Crippen LogP contribution is -2.02. The van der Waals surface area contributed by atoms with Crippen molar-refractivity contribution in [2.45, 2.75) is 17.7 Å². The van der Waals surface area contributed by atoms with E-state index in [1.54, 1.807) is 0 Å². The first-order valence-electron chi connectivity index (χ1n) is 4.18. The summed E-state index contributed by atoms with van der Waals surface area (Å²) in [7, 11) is 1.37. The summed E-state index contributed by atoms with van der Waals surface area (Å²) in [6.45, 7) is 0. The molecule has 0 saturated heterocycles. The lowest BCUT2D eigenvalue weighted by molar-refractivity contribution is -0.140. The number of aryl methyl sites for hydroxylation is 1. The minimum atomic E-state index is -0.231. The highest BCUT2D eigenvalue weighted by Crippen LogP contribution is 2.24. The highest BCUT2D eigenvalue weighted by molar-refractivity contribution is 7.80. The van der Waals surface area contributed by atoms with Gasteiger partial charge in [-0.25, -0.2) is 0 Å². The van der Waals surface area contributed by atoms with Gasteiger partial charge >= 0.3 is 5.97 Å². The summed E-state index contributed by atoms with van der Waals surface area (Å²) < 4.78 is 4.54. The number of rotatable bonds is 3. The molecule has 4 heteroatoms. The zero-order chi connectivity index (χ0) is 10.6. The molecule has 0 atom stereocenters. The van der Waals surface area contributed by atoms with Crippen molar-refractivity contribution in [2.24, 2.45) is 0 Å². The first kappa shape index (κ1) is 11.4. The summed E-state index contributed by atoms with van der Waals surface area (Å²) in [5, 5.41) is 0.611. The Kier molecular flexibility index (Phi) is 4.29. The molecule has 0 aliphatic rings. The van der Waals surface area contributed by atoms with Crippen molar-refractivity contribution in [1.29, 1.82) is 0 Å². The van der Waals surface area contributed by atoms with Crippen molar-refractivity contribution in [3.05, 3.63) is 28.8 Å². The molecule has 1 rings (SSSR count). The number of benzene rings is 1. The second-order valence-electron chi connectivity index (χ2n) is 2.83. The number of hydrogen-bond donors (Lipinski definition) is 1. The van der Waals surface area contributed by atoms with Crippen molar-refractivity contribution in [1.82, 2.24) is 0 Å². The van der Waals surface area contributed by atoms with Gasteiger partial charge in [0, 0.05) is 11.3 Å². The molecule has 0 aliphatic heterocycles. The van der Waals surface area contributed by atoms with Crippen molar-refractivity contribution >= 4 is 30.2 Å². The predicted molar refractivity (Wildman–Crippen MR) is 59.0 cm³/mol. The molecule has 0 heterocycles. The van der Waals surface area contributed by atoms with E-state index in [0.717, 1.165) is 10.5 Å². The summed E-state index contributed by atoms with van der Waals surface area (Å²) in [5.74, 6) is -0.231. The maximum absolute atomic E-state index is 10.9. The van der Waals surface area contributed by atoms with E-state index in [0.29, 0.717) is 17.9 Å². The van der Waals surface area contributed by atoms with Crippen LogP contribution in [0.2, 0.25) is 5.02 Å². The Morgan fingerprint density at radius 2 is 2.29 bits per heavy atom. The molecule has 0 fully saturated rings. The standard InChI is InChI=1S/C10H11ClO2S/c1-13-9(12)6-5-7-3-2-4-8(14)10(7)11/h2-4,14H,5-6H2,1H3. The molecule has 0 amide bonds. The first-order valence-corrected chi connectivity index (χ1v) is 5.01. The fourth-order valence-electron chi connectivity index (χ4n) is 1.10. The van der Waals surface area contributed by atoms with Crippen LogP contribution in [0.15, 0.2) is 23.1 Å². The number of carbonyl (C=O) groups excluding carboxylic acids is 1. The Hall–Kier alpha value is -0.670. The second kappa shape index (κ2) is 5.27. The van der Waals surface area contributed by atoms with E-state index < -0.39 is 0 Å². The Morgan fingerprint density at radius 1 is 1.57 bits per heavy atom. The third kappa shape index (κ3) is 2.93. The van der Waals surface area contributed by atoms with Gasteiger partial charge in [-0.15, -0.1) is 12.6 Å². The molecule has 0 bridgehead atoms. The molecule has 1 aromatic rings. The van der Waals surface area contributed by atoms with Crippen LogP contribution in [0, 0.1) is 0 Å². The summed E-state index contributed by atoms with van der Waals surface area (Å²) in [4.78, 5) is 11.6. The topological polar surface area (TPSA) is 26.3 Å². The normalized spacial score (nSPS) is 9.93. The van der Waals surface area contributed by atoms with Crippen LogP contribution < -0.4 is 0 Å². The van der Waals surface area contributed by atoms with E-state index >= 15 is 0 Å². The van der Waals surface area contributed by atoms with Crippen molar-refractivity contribution in [2.75, 3.05) is 7.11 Å². The van der Waals surface area contributed by atoms with E-state index in [2.05, 4.69) is 17.4 Å². The van der Waals surface area contributed by atoms with Crippen LogP contribution in [0.5, 0.6) is 0 Å². The Bertz CT molecular complexity index is 339. The van der Waals surface area contributed by atoms with Crippen LogP contribution in [0.3, 0.4) is 0 Å². The van der Waals surface area contributed by atoms with Gasteiger partial charge in [0.2, 0.25) is 0 Å². The monoisotopic (exact) mass is 230 g/mol. The number of thiol groups is 1. The number of methoxy groups -OCH3 is 1. The molecule has 0 saturated carbocycles. The highest BCUT2D eigenvalue weighted by atomic mass is 35.5. The summed E-state index contributed by atoms with van der Waals surface area (Å²) in [6, 6.07) is 5.55. The minimum absolute atomic E-state index is 0.231. The second-order valence-corrected chi connectivity index (χ2v) is 3.69. The molecule has 0 unspecified atom stereocenters. The van der Waals surface area contributed by atoms with E-state index in [-0.39, 0.29) is 5.97 Å². The van der Waals surface area contributed by atoms with E-state index in [4.69, 9.17) is 11.6 Å². The van der Waals surface area contributed by atoms with E-state index in [1.807, 2.05) is 18.2 Å². The number of ether oxygens (including phenoxy) is 1. The molecular formula is C10H11ClO2S. The lowest BCUT2D eigenvalue weighted by atomic mass is 10.1. The van der Waals surface area contributed by atoms with Crippen molar-refractivity contribution in [3.8, 4) is 0 Å². The summed E-state index contributed by atoms with van der Waals surface area (Å²) >= 11 is 10.2. The Morgan fingerprint density at radius 3 is 2.93 bits per heavy atom. The number of carbonyl (C=O) groups is 1. The van der Waals surface area contributed by atoms with Crippen molar-refractivity contribution in [3.63, 3.8) is 0 Å². The molecule has 0 aromatic heterocycles. The molecule has 2 nitrogen and oxygen atoms in total. The van der Waals surface area contributed by atoms with Crippen LogP contribution in [0.1, 0.15) is 12.0 Å². The van der Waals surface area contributed by atoms with Gasteiger partial charge in [-0.1, -0.05) is 23.7 Å². The zero-order valence-corrected chi connectivity index (χ0v) is 9.44. The van der Waals surface area contributed by atoms with Gasteiger partial charge in [-0.05, 0) is 18.1 Å². The number of esters is 1. The fraction of sp³-hybridized carbons (Fsp3) is 0.300. The third-order valence-electron chi connectivity index (χ3n) is 1.88. The highest BCUT2D eigenvalue weighted by Gasteiger charge is 2.06. The molecule has 0 aliphatic carbocycles. The Labute approximate surface area is 93.6 Å². The minimum Gasteiger partial charge on any atom is -0.469 e. The number of hydrogen-bond acceptors (Lipinski definition) is 3. The average Bonchev–Trinajstić information content (AvgIpc) is 2.20. The number of halogens is 1. The van der Waals surface area contributed by atoms with Crippen LogP contribution >= 0.6 is 24.2 Å². The van der Waals surface area contributed by atoms with Crippen LogP contribution in [0.25, 0.3) is 0 Å². The molecule has 76 valence electrons. The maximum atomic E-state index is 10.9. The molecular weight excluding hydrogens is 220 g/mol. The van der Waals surface area contributed by atoms with Crippen LogP contribution in [-0.2, 0) is 16.0 Å². The summed E-state index contributed by atoms with van der Waals surface area (Å²) in [6.07, 6.45) is 0.924. The van der Waals surface area contributed by atoms with Gasteiger partial charge in [0.15, 0.2) is 0 Å². The molecule has 0 N–H and O–H groups in total. The van der Waals surface area contributed by atoms with Gasteiger partial charge in [0.05, 0.1) is 12.1 Å². The van der Waals surface area contributed by atoms with Gasteiger partial charge in [0.1, 0.15) is 0 Å². The summed E-state index contributed by atoms with van der Waals surface area (Å²) in [5.41, 5.74) is 0.921. The SMILES string of the molecule is COC(=O)CCc1cccc(S)c1Cl. The van der Waals surface area contributed by atoms with Gasteiger partial charge < -0.3 is 4.74 Å². The van der Waals surface area contributed by atoms with Gasteiger partial charge in [0.25, 0.3) is 0 Å². The van der Waals surface area contributed by atoms with E-state index in [9.17, 15) is 4.79 Å². The largest absolute Gasteiger partial charge is 0.469 e. The quantitative estimate of drug-likeness (QED) is 0.639. The predicted octanol–water partition coefficient (Wildman–Crippen LogP) is 2.73. The molecule has 0 radical (unpaired) electrons. The average molecular weight is 231 g/mol. The van der Waals surface area contributed by atoms with Crippen molar-refractivity contribution < 1.29 is 9.53 Å². The van der Waals surface area contributed by atoms with Gasteiger partial charge in [-0.2, -0.15) is 0 Å². The van der Waals surface area contributed by atoms with E-state index in [1.165, 1.54) is 7.11 Å². The molecule has 14 heavy (non-hydrogen) atoms. The first-order chi connectivity index (χ1) is 6.65. The fourth-order valence-corrected chi connectivity index (χ4v) is 1.55. The van der Waals surface area contributed by atoms with Crippen LogP contribution in [0.4, 0.5) is 0 Å². The third-order valence-corrected chi connectivity index (χ3v) is 2.84. The van der Waals surface area contributed by atoms with Crippen LogP contribution in [-0.4, -0.2) is 13.1 Å².